The summed E-state index contributed by atoms with van der Waals surface area (Å²) in [6.45, 7) is 23.8. The summed E-state index contributed by atoms with van der Waals surface area (Å²) < 4.78 is 13.7. The maximum Gasteiger partial charge on any atom is 0.128 e. The van der Waals surface area contributed by atoms with Crippen molar-refractivity contribution in [3.63, 3.8) is 0 Å². The van der Waals surface area contributed by atoms with Crippen LogP contribution in [0.2, 0.25) is 0 Å². The maximum absolute atomic E-state index is 6.86. The lowest BCUT2D eigenvalue weighted by Gasteiger charge is -2.37. The zero-order valence-electron chi connectivity index (χ0n) is 24.3. The SMILES string of the molecule is CCC(CC)[C@H]1Oc2cccc(-c3cccc4c3[P@@](C(C)(C)C)[C@@H](C(CC)CC)O4)c2[P@@]1C(C)(C)C. The molecule has 0 radical (unpaired) electrons. The van der Waals surface area contributed by atoms with Gasteiger partial charge in [-0.05, 0) is 86.9 Å². The van der Waals surface area contributed by atoms with E-state index in [9.17, 15) is 0 Å². The molecule has 2 heterocycles. The summed E-state index contributed by atoms with van der Waals surface area (Å²) in [6, 6.07) is 13.6. The third kappa shape index (κ3) is 4.87. The average Bonchev–Trinajstić information content (AvgIpc) is 3.39. The third-order valence-electron chi connectivity index (χ3n) is 8.12. The minimum absolute atomic E-state index is 0.172. The van der Waals surface area contributed by atoms with Gasteiger partial charge in [0.1, 0.15) is 23.2 Å². The lowest BCUT2D eigenvalue weighted by molar-refractivity contribution is 0.210. The van der Waals surface area contributed by atoms with E-state index in [0.717, 1.165) is 11.5 Å². The Morgan fingerprint density at radius 2 is 0.944 bits per heavy atom. The van der Waals surface area contributed by atoms with Gasteiger partial charge in [0.05, 0.1) is 0 Å². The average molecular weight is 527 g/mol. The molecule has 0 saturated carbocycles. The minimum atomic E-state index is -0.495. The van der Waals surface area contributed by atoms with Crippen molar-refractivity contribution in [3.8, 4) is 22.6 Å². The maximum atomic E-state index is 6.86. The first kappa shape index (κ1) is 27.9. The van der Waals surface area contributed by atoms with E-state index in [1.807, 2.05) is 0 Å². The van der Waals surface area contributed by atoms with E-state index in [1.54, 1.807) is 0 Å². The fourth-order valence-electron chi connectivity index (χ4n) is 6.22. The predicted octanol–water partition coefficient (Wildman–Crippen LogP) is 9.47. The highest BCUT2D eigenvalue weighted by Crippen LogP contribution is 2.65. The Balaban J connectivity index is 1.93. The molecule has 0 N–H and O–H groups in total. The highest BCUT2D eigenvalue weighted by Gasteiger charge is 2.48. The summed E-state index contributed by atoms with van der Waals surface area (Å²) in [6.07, 6.45) is 4.67. The Labute approximate surface area is 223 Å². The molecule has 0 fully saturated rings. The van der Waals surface area contributed by atoms with Crippen molar-refractivity contribution in [1.82, 2.24) is 0 Å². The smallest absolute Gasteiger partial charge is 0.128 e. The van der Waals surface area contributed by atoms with Gasteiger partial charge in [0.15, 0.2) is 0 Å². The van der Waals surface area contributed by atoms with Gasteiger partial charge in [-0.25, -0.2) is 0 Å². The Kier molecular flexibility index (Phi) is 8.20. The first-order valence-corrected chi connectivity index (χ1v) is 17.0. The van der Waals surface area contributed by atoms with Crippen LogP contribution in [-0.4, -0.2) is 22.0 Å². The number of hydrogen-bond acceptors (Lipinski definition) is 2. The molecule has 4 rings (SSSR count). The number of rotatable bonds is 7. The molecule has 0 spiro atoms. The van der Waals surface area contributed by atoms with Crippen molar-refractivity contribution >= 4 is 26.5 Å². The van der Waals surface area contributed by atoms with Gasteiger partial charge in [-0.1, -0.05) is 93.5 Å². The van der Waals surface area contributed by atoms with Gasteiger partial charge in [-0.3, -0.25) is 0 Å². The molecule has 2 aromatic carbocycles. The summed E-state index contributed by atoms with van der Waals surface area (Å²) in [5, 5.41) is 3.32. The molecule has 4 heteroatoms. The van der Waals surface area contributed by atoms with Crippen LogP contribution in [0.1, 0.15) is 94.9 Å². The summed E-state index contributed by atoms with van der Waals surface area (Å²) in [4.78, 5) is 0. The van der Waals surface area contributed by atoms with Crippen LogP contribution in [0.5, 0.6) is 11.5 Å². The highest BCUT2D eigenvalue weighted by atomic mass is 31.1. The van der Waals surface area contributed by atoms with Gasteiger partial charge in [-0.15, -0.1) is 0 Å². The van der Waals surface area contributed by atoms with E-state index < -0.39 is 15.8 Å². The normalized spacial score (nSPS) is 23.6. The van der Waals surface area contributed by atoms with Crippen molar-refractivity contribution in [2.24, 2.45) is 11.8 Å². The summed E-state index contributed by atoms with van der Waals surface area (Å²) in [7, 11) is -0.991. The monoisotopic (exact) mass is 526 g/mol. The van der Waals surface area contributed by atoms with Gasteiger partial charge in [0.25, 0.3) is 0 Å². The van der Waals surface area contributed by atoms with Crippen molar-refractivity contribution < 1.29 is 9.47 Å². The zero-order chi connectivity index (χ0) is 26.4. The Hall–Kier alpha value is -1.10. The topological polar surface area (TPSA) is 18.5 Å². The molecule has 0 unspecified atom stereocenters. The van der Waals surface area contributed by atoms with Crippen LogP contribution in [-0.2, 0) is 0 Å². The van der Waals surface area contributed by atoms with Crippen LogP contribution < -0.4 is 20.1 Å². The van der Waals surface area contributed by atoms with Crippen molar-refractivity contribution in [1.29, 1.82) is 0 Å². The molecule has 0 aliphatic carbocycles. The van der Waals surface area contributed by atoms with Crippen LogP contribution in [0.25, 0.3) is 11.1 Å². The molecule has 2 aromatic rings. The van der Waals surface area contributed by atoms with Crippen LogP contribution >= 0.6 is 15.8 Å². The fraction of sp³-hybridized carbons (Fsp3) is 0.625. The first-order chi connectivity index (χ1) is 17.0. The quantitative estimate of drug-likeness (QED) is 0.335. The molecule has 4 atom stereocenters. The second-order valence-corrected chi connectivity index (χ2v) is 18.6. The van der Waals surface area contributed by atoms with Crippen molar-refractivity contribution in [3.05, 3.63) is 36.4 Å². The fourth-order valence-corrected chi connectivity index (χ4v) is 13.4. The molecule has 0 bridgehead atoms. The first-order valence-electron chi connectivity index (χ1n) is 14.2. The molecule has 2 aliphatic heterocycles. The van der Waals surface area contributed by atoms with E-state index >= 15 is 0 Å². The Bertz CT molecular complexity index is 971. The van der Waals surface area contributed by atoms with Crippen molar-refractivity contribution in [2.45, 2.75) is 117 Å². The summed E-state index contributed by atoms with van der Waals surface area (Å²) in [5.74, 6) is 4.01. The second-order valence-electron chi connectivity index (χ2n) is 12.6. The molecular weight excluding hydrogens is 478 g/mol. The number of fused-ring (bicyclic) bond motifs is 2. The lowest BCUT2D eigenvalue weighted by Crippen LogP contribution is -2.31. The summed E-state index contributed by atoms with van der Waals surface area (Å²) in [5.41, 5.74) is 2.79. The molecule has 0 saturated heterocycles. The Morgan fingerprint density at radius 3 is 1.22 bits per heavy atom. The van der Waals surface area contributed by atoms with Crippen LogP contribution in [0.4, 0.5) is 0 Å². The minimum Gasteiger partial charge on any atom is -0.485 e. The molecular formula is C32H48O2P2. The Morgan fingerprint density at radius 1 is 0.611 bits per heavy atom. The predicted molar refractivity (Wildman–Crippen MR) is 161 cm³/mol. The van der Waals surface area contributed by atoms with E-state index in [-0.39, 0.29) is 10.3 Å². The highest BCUT2D eigenvalue weighted by molar-refractivity contribution is 7.69. The van der Waals surface area contributed by atoms with Crippen LogP contribution in [0.3, 0.4) is 0 Å². The van der Waals surface area contributed by atoms with E-state index in [0.29, 0.717) is 23.5 Å². The molecule has 0 amide bonds. The molecule has 198 valence electrons. The molecule has 2 aliphatic rings. The zero-order valence-corrected chi connectivity index (χ0v) is 26.1. The van der Waals surface area contributed by atoms with E-state index in [2.05, 4.69) is 106 Å². The van der Waals surface area contributed by atoms with Gasteiger partial charge in [0, 0.05) is 10.6 Å². The number of hydrogen-bond donors (Lipinski definition) is 0. The summed E-state index contributed by atoms with van der Waals surface area (Å²) >= 11 is 0. The standard InChI is InChI=1S/C32H48O2P2/c1-11-21(12-2)29-33-25-19-15-17-23(27(25)35(29)31(5,6)7)24-18-16-20-26-28(24)36(32(8,9)10)30(34-26)22(13-3)14-4/h15-22,29-30H,11-14H2,1-10H3/t29-,30-,35+,36+/m0/s1. The number of benzene rings is 2. The third-order valence-corrected chi connectivity index (χ3v) is 15.0. The molecule has 2 nitrogen and oxygen atoms in total. The molecule has 0 aromatic heterocycles. The van der Waals surface area contributed by atoms with Crippen molar-refractivity contribution in [2.75, 3.05) is 0 Å². The molecule has 36 heavy (non-hydrogen) atoms. The van der Waals surface area contributed by atoms with Gasteiger partial charge in [0.2, 0.25) is 0 Å². The van der Waals surface area contributed by atoms with Crippen LogP contribution in [0, 0.1) is 11.8 Å². The lowest BCUT2D eigenvalue weighted by atomic mass is 10.0. The van der Waals surface area contributed by atoms with E-state index in [4.69, 9.17) is 9.47 Å². The van der Waals surface area contributed by atoms with E-state index in [1.165, 1.54) is 47.4 Å². The van der Waals surface area contributed by atoms with Crippen LogP contribution in [0.15, 0.2) is 36.4 Å². The van der Waals surface area contributed by atoms with Gasteiger partial charge < -0.3 is 9.47 Å². The largest absolute Gasteiger partial charge is 0.485 e. The van der Waals surface area contributed by atoms with Gasteiger partial charge >= 0.3 is 0 Å². The number of ether oxygens (including phenoxy) is 2. The van der Waals surface area contributed by atoms with Gasteiger partial charge in [-0.2, -0.15) is 0 Å². The second kappa shape index (κ2) is 10.6.